The lowest BCUT2D eigenvalue weighted by Gasteiger charge is -2.07. The summed E-state index contributed by atoms with van der Waals surface area (Å²) in [5, 5.41) is 13.0. The number of hydrogen-bond acceptors (Lipinski definition) is 5. The van der Waals surface area contributed by atoms with E-state index in [4.69, 9.17) is 11.5 Å². The van der Waals surface area contributed by atoms with Crippen molar-refractivity contribution in [3.63, 3.8) is 0 Å². The van der Waals surface area contributed by atoms with Crippen molar-refractivity contribution in [3.8, 4) is 5.75 Å². The quantitative estimate of drug-likeness (QED) is 0.588. The molecule has 0 aliphatic rings. The summed E-state index contributed by atoms with van der Waals surface area (Å²) in [5.41, 5.74) is 14.6. The van der Waals surface area contributed by atoms with Gasteiger partial charge in [0.1, 0.15) is 5.75 Å². The lowest BCUT2D eigenvalue weighted by Crippen LogP contribution is -2.13. The highest BCUT2D eigenvalue weighted by atomic mass is 32.1. The van der Waals surface area contributed by atoms with Crippen molar-refractivity contribution in [3.05, 3.63) is 41.0 Å². The van der Waals surface area contributed by atoms with E-state index in [-0.39, 0.29) is 11.8 Å². The van der Waals surface area contributed by atoms with Crippen molar-refractivity contribution < 1.29 is 5.11 Å². The number of aromatic amines is 1. The fraction of sp³-hybridized carbons (Fsp3) is 0.154. The molecule has 0 bridgehead atoms. The summed E-state index contributed by atoms with van der Waals surface area (Å²) in [5.74, 6) is 0.250. The fourth-order valence-electron chi connectivity index (χ4n) is 2.15. The van der Waals surface area contributed by atoms with Crippen LogP contribution in [0.3, 0.4) is 0 Å². The Morgan fingerprint density at radius 2 is 2.26 bits per heavy atom. The highest BCUT2D eigenvalue weighted by molar-refractivity contribution is 7.13. The Kier molecular flexibility index (Phi) is 2.88. The molecule has 0 saturated heterocycles. The van der Waals surface area contributed by atoms with E-state index < -0.39 is 0 Å². The Morgan fingerprint density at radius 1 is 1.42 bits per heavy atom. The molecule has 0 radical (unpaired) electrons. The summed E-state index contributed by atoms with van der Waals surface area (Å²) >= 11 is 1.39. The smallest absolute Gasteiger partial charge is 0.180 e. The third-order valence-corrected chi connectivity index (χ3v) is 3.80. The van der Waals surface area contributed by atoms with E-state index in [1.807, 2.05) is 17.6 Å². The molecule has 0 unspecified atom stereocenters. The number of hydrogen-bond donors (Lipinski definition) is 4. The van der Waals surface area contributed by atoms with Crippen LogP contribution in [0.1, 0.15) is 17.3 Å². The number of H-pyrrole nitrogens is 1. The van der Waals surface area contributed by atoms with Gasteiger partial charge in [-0.15, -0.1) is 11.3 Å². The Labute approximate surface area is 113 Å². The van der Waals surface area contributed by atoms with Crippen molar-refractivity contribution in [2.75, 3.05) is 5.73 Å². The number of nitrogen functional groups attached to an aromatic ring is 1. The molecule has 2 heterocycles. The third-order valence-electron chi connectivity index (χ3n) is 3.11. The number of phenolic OH excluding ortho intramolecular Hbond substituents is 1. The number of benzene rings is 1. The second kappa shape index (κ2) is 4.56. The van der Waals surface area contributed by atoms with Gasteiger partial charge < -0.3 is 21.6 Å². The van der Waals surface area contributed by atoms with Gasteiger partial charge in [-0.1, -0.05) is 0 Å². The molecule has 0 fully saturated rings. The summed E-state index contributed by atoms with van der Waals surface area (Å²) in [4.78, 5) is 7.37. The van der Waals surface area contributed by atoms with Gasteiger partial charge in [-0.2, -0.15) is 0 Å². The highest BCUT2D eigenvalue weighted by Gasteiger charge is 2.13. The molecule has 6 heteroatoms. The maximum atomic E-state index is 9.56. The van der Waals surface area contributed by atoms with E-state index in [2.05, 4.69) is 9.97 Å². The van der Waals surface area contributed by atoms with E-state index in [0.717, 1.165) is 22.2 Å². The maximum absolute atomic E-state index is 9.56. The van der Waals surface area contributed by atoms with Crippen LogP contribution in [0.25, 0.3) is 10.9 Å². The average Bonchev–Trinajstić information content (AvgIpc) is 2.97. The molecule has 1 atom stereocenters. The Bertz CT molecular complexity index is 718. The van der Waals surface area contributed by atoms with Crippen LogP contribution in [0, 0.1) is 0 Å². The summed E-state index contributed by atoms with van der Waals surface area (Å²) < 4.78 is 0. The Balaban J connectivity index is 1.91. The van der Waals surface area contributed by atoms with Crippen LogP contribution in [-0.2, 0) is 6.42 Å². The van der Waals surface area contributed by atoms with Crippen LogP contribution in [0.4, 0.5) is 5.13 Å². The number of phenols is 1. The zero-order valence-corrected chi connectivity index (χ0v) is 10.9. The first kappa shape index (κ1) is 12.0. The number of aromatic hydroxyl groups is 1. The van der Waals surface area contributed by atoms with Crippen molar-refractivity contribution in [2.45, 2.75) is 12.5 Å². The zero-order valence-electron chi connectivity index (χ0n) is 10.1. The normalized spacial score (nSPS) is 12.9. The maximum Gasteiger partial charge on any atom is 0.180 e. The number of anilines is 1. The van der Waals surface area contributed by atoms with Crippen molar-refractivity contribution >= 4 is 27.4 Å². The van der Waals surface area contributed by atoms with Crippen LogP contribution < -0.4 is 11.5 Å². The van der Waals surface area contributed by atoms with Crippen LogP contribution >= 0.6 is 11.3 Å². The van der Waals surface area contributed by atoms with E-state index >= 15 is 0 Å². The molecule has 3 rings (SSSR count). The Morgan fingerprint density at radius 3 is 3.00 bits per heavy atom. The van der Waals surface area contributed by atoms with E-state index in [9.17, 15) is 5.11 Å². The van der Waals surface area contributed by atoms with Gasteiger partial charge in [0.2, 0.25) is 0 Å². The molecule has 19 heavy (non-hydrogen) atoms. The first-order valence-electron chi connectivity index (χ1n) is 5.89. The summed E-state index contributed by atoms with van der Waals surface area (Å²) in [6, 6.07) is 5.04. The molecule has 5 nitrogen and oxygen atoms in total. The largest absolute Gasteiger partial charge is 0.508 e. The third kappa shape index (κ3) is 2.27. The zero-order chi connectivity index (χ0) is 13.4. The molecule has 0 amide bonds. The SMILES string of the molecule is Nc1nc([C@@H](N)Cc2c[nH]c3ccc(O)cc23)cs1. The summed E-state index contributed by atoms with van der Waals surface area (Å²) in [7, 11) is 0. The van der Waals surface area contributed by atoms with Gasteiger partial charge in [0.25, 0.3) is 0 Å². The van der Waals surface area contributed by atoms with Crippen LogP contribution in [-0.4, -0.2) is 15.1 Å². The number of thiazole rings is 1. The molecule has 0 saturated carbocycles. The molecule has 0 spiro atoms. The first-order valence-corrected chi connectivity index (χ1v) is 6.77. The topological polar surface area (TPSA) is 101 Å². The van der Waals surface area contributed by atoms with Crippen molar-refractivity contribution in [2.24, 2.45) is 5.73 Å². The van der Waals surface area contributed by atoms with E-state index in [0.29, 0.717) is 11.6 Å². The molecule has 3 aromatic rings. The van der Waals surface area contributed by atoms with Gasteiger partial charge in [0.05, 0.1) is 11.7 Å². The number of rotatable bonds is 3. The van der Waals surface area contributed by atoms with E-state index in [1.165, 1.54) is 11.3 Å². The number of nitrogens with one attached hydrogen (secondary N) is 1. The Hall–Kier alpha value is -2.05. The number of nitrogens with zero attached hydrogens (tertiary/aromatic N) is 1. The fourth-order valence-corrected chi connectivity index (χ4v) is 2.77. The van der Waals surface area contributed by atoms with Gasteiger partial charge in [0.15, 0.2) is 5.13 Å². The average molecular weight is 274 g/mol. The molecule has 2 aromatic heterocycles. The van der Waals surface area contributed by atoms with Gasteiger partial charge in [-0.25, -0.2) is 4.98 Å². The predicted octanol–water partition coefficient (Wildman–Crippen LogP) is 2.15. The van der Waals surface area contributed by atoms with Crippen molar-refractivity contribution in [1.29, 1.82) is 0 Å². The minimum Gasteiger partial charge on any atom is -0.508 e. The number of fused-ring (bicyclic) bond motifs is 1. The molecule has 0 aliphatic carbocycles. The van der Waals surface area contributed by atoms with Gasteiger partial charge in [0, 0.05) is 22.5 Å². The minimum absolute atomic E-state index is 0.199. The monoisotopic (exact) mass is 274 g/mol. The number of nitrogens with two attached hydrogens (primary N) is 2. The predicted molar refractivity (Wildman–Crippen MR) is 77.1 cm³/mol. The van der Waals surface area contributed by atoms with Crippen molar-refractivity contribution in [1.82, 2.24) is 9.97 Å². The van der Waals surface area contributed by atoms with Gasteiger partial charge in [-0.05, 0) is 30.2 Å². The van der Waals surface area contributed by atoms with Gasteiger partial charge in [-0.3, -0.25) is 0 Å². The minimum atomic E-state index is -0.199. The summed E-state index contributed by atoms with van der Waals surface area (Å²) in [6.45, 7) is 0. The molecular formula is C13H14N4OS. The second-order valence-electron chi connectivity index (χ2n) is 4.47. The van der Waals surface area contributed by atoms with E-state index in [1.54, 1.807) is 12.1 Å². The number of aromatic nitrogens is 2. The molecule has 0 aliphatic heterocycles. The van der Waals surface area contributed by atoms with Crippen LogP contribution in [0.2, 0.25) is 0 Å². The molecule has 98 valence electrons. The standard InChI is InChI=1S/C13H14N4OS/c14-10(12-6-19-13(15)17-12)3-7-5-16-11-2-1-8(18)4-9(7)11/h1-2,4-6,10,16,18H,3,14H2,(H2,15,17)/t10-/m0/s1. The van der Waals surface area contributed by atoms with Crippen LogP contribution in [0.5, 0.6) is 5.75 Å². The summed E-state index contributed by atoms with van der Waals surface area (Å²) in [6.07, 6.45) is 2.56. The lowest BCUT2D eigenvalue weighted by molar-refractivity contribution is 0.476. The van der Waals surface area contributed by atoms with Gasteiger partial charge >= 0.3 is 0 Å². The molecular weight excluding hydrogens is 260 g/mol. The second-order valence-corrected chi connectivity index (χ2v) is 5.35. The highest BCUT2D eigenvalue weighted by Crippen LogP contribution is 2.27. The molecule has 1 aromatic carbocycles. The first-order chi connectivity index (χ1) is 9.13. The van der Waals surface area contributed by atoms with Crippen LogP contribution in [0.15, 0.2) is 29.8 Å². The molecule has 6 N–H and O–H groups in total. The lowest BCUT2D eigenvalue weighted by atomic mass is 10.0.